The smallest absolute Gasteiger partial charge is 0.256 e. The fourth-order valence-electron chi connectivity index (χ4n) is 1.47. The standard InChI is InChI=1S/C13H10FIN2O/c14-10-6-5-8(7-12(10)16)17-13(18)9-3-1-2-4-11(9)15/h1-7H,16H2,(H,17,18). The van der Waals surface area contributed by atoms with E-state index in [1.165, 1.54) is 18.2 Å². The molecule has 0 heterocycles. The minimum Gasteiger partial charge on any atom is -0.396 e. The quantitative estimate of drug-likeness (QED) is 0.641. The van der Waals surface area contributed by atoms with Crippen LogP contribution in [0.4, 0.5) is 15.8 Å². The average Bonchev–Trinajstić information content (AvgIpc) is 2.34. The van der Waals surface area contributed by atoms with E-state index in [9.17, 15) is 9.18 Å². The fourth-order valence-corrected chi connectivity index (χ4v) is 2.10. The lowest BCUT2D eigenvalue weighted by molar-refractivity contribution is 0.102. The average molecular weight is 356 g/mol. The highest BCUT2D eigenvalue weighted by Gasteiger charge is 2.10. The van der Waals surface area contributed by atoms with Crippen LogP contribution in [0.25, 0.3) is 0 Å². The van der Waals surface area contributed by atoms with Gasteiger partial charge in [0.2, 0.25) is 0 Å². The highest BCUT2D eigenvalue weighted by atomic mass is 127. The summed E-state index contributed by atoms with van der Waals surface area (Å²) >= 11 is 2.08. The Morgan fingerprint density at radius 3 is 2.61 bits per heavy atom. The van der Waals surface area contributed by atoms with Gasteiger partial charge in [-0.25, -0.2) is 4.39 Å². The molecule has 0 unspecified atom stereocenters. The molecule has 0 bridgehead atoms. The largest absolute Gasteiger partial charge is 0.396 e. The lowest BCUT2D eigenvalue weighted by atomic mass is 10.2. The fraction of sp³-hybridized carbons (Fsp3) is 0. The predicted octanol–water partition coefficient (Wildman–Crippen LogP) is 3.26. The van der Waals surface area contributed by atoms with Crippen molar-refractivity contribution in [3.63, 3.8) is 0 Å². The van der Waals surface area contributed by atoms with Gasteiger partial charge in [0.05, 0.1) is 11.3 Å². The Balaban J connectivity index is 2.22. The van der Waals surface area contributed by atoms with Crippen molar-refractivity contribution in [1.82, 2.24) is 0 Å². The maximum atomic E-state index is 13.0. The van der Waals surface area contributed by atoms with E-state index in [1.807, 2.05) is 12.1 Å². The molecular weight excluding hydrogens is 346 g/mol. The van der Waals surface area contributed by atoms with Crippen LogP contribution in [-0.4, -0.2) is 5.91 Å². The zero-order valence-corrected chi connectivity index (χ0v) is 11.4. The molecule has 92 valence electrons. The molecule has 0 aromatic heterocycles. The summed E-state index contributed by atoms with van der Waals surface area (Å²) in [5, 5.41) is 2.68. The maximum Gasteiger partial charge on any atom is 0.256 e. The van der Waals surface area contributed by atoms with Crippen molar-refractivity contribution in [2.45, 2.75) is 0 Å². The van der Waals surface area contributed by atoms with Gasteiger partial charge in [-0.05, 0) is 52.9 Å². The number of anilines is 2. The van der Waals surface area contributed by atoms with E-state index in [4.69, 9.17) is 5.73 Å². The number of benzene rings is 2. The molecule has 3 N–H and O–H groups in total. The zero-order chi connectivity index (χ0) is 13.1. The molecule has 18 heavy (non-hydrogen) atoms. The predicted molar refractivity (Wildman–Crippen MR) is 77.9 cm³/mol. The van der Waals surface area contributed by atoms with Gasteiger partial charge in [0.15, 0.2) is 0 Å². The first-order valence-electron chi connectivity index (χ1n) is 5.19. The molecule has 2 rings (SSSR count). The van der Waals surface area contributed by atoms with Gasteiger partial charge in [0.1, 0.15) is 5.82 Å². The van der Waals surface area contributed by atoms with Crippen LogP contribution in [0.5, 0.6) is 0 Å². The van der Waals surface area contributed by atoms with E-state index in [0.29, 0.717) is 11.3 Å². The third-order valence-corrected chi connectivity index (χ3v) is 3.31. The Morgan fingerprint density at radius 1 is 1.22 bits per heavy atom. The molecule has 5 heteroatoms. The topological polar surface area (TPSA) is 55.1 Å². The number of nitrogen functional groups attached to an aromatic ring is 1. The monoisotopic (exact) mass is 356 g/mol. The minimum atomic E-state index is -0.498. The van der Waals surface area contributed by atoms with E-state index >= 15 is 0 Å². The van der Waals surface area contributed by atoms with Crippen molar-refractivity contribution >= 4 is 39.9 Å². The van der Waals surface area contributed by atoms with Crippen LogP contribution >= 0.6 is 22.6 Å². The first-order chi connectivity index (χ1) is 8.58. The zero-order valence-electron chi connectivity index (χ0n) is 9.28. The van der Waals surface area contributed by atoms with Crippen LogP contribution in [0.15, 0.2) is 42.5 Å². The summed E-state index contributed by atoms with van der Waals surface area (Å²) < 4.78 is 13.8. The number of carbonyl (C=O) groups excluding carboxylic acids is 1. The van der Waals surface area contributed by atoms with Crippen molar-refractivity contribution in [2.75, 3.05) is 11.1 Å². The second kappa shape index (κ2) is 5.34. The molecule has 0 saturated heterocycles. The Bertz CT molecular complexity index is 601. The number of amides is 1. The lowest BCUT2D eigenvalue weighted by Gasteiger charge is -2.07. The maximum absolute atomic E-state index is 13.0. The molecule has 3 nitrogen and oxygen atoms in total. The van der Waals surface area contributed by atoms with E-state index in [2.05, 4.69) is 27.9 Å². The van der Waals surface area contributed by atoms with E-state index < -0.39 is 5.82 Å². The summed E-state index contributed by atoms with van der Waals surface area (Å²) in [5.41, 5.74) is 6.49. The molecule has 0 saturated carbocycles. The molecular formula is C13H10FIN2O. The first kappa shape index (κ1) is 12.8. The number of halogens is 2. The molecule has 0 spiro atoms. The Labute approximate surface area is 117 Å². The molecule has 0 aliphatic heterocycles. The van der Waals surface area contributed by atoms with Crippen molar-refractivity contribution < 1.29 is 9.18 Å². The summed E-state index contributed by atoms with van der Waals surface area (Å²) in [6.07, 6.45) is 0. The Kier molecular flexibility index (Phi) is 3.81. The Hall–Kier alpha value is -1.63. The molecule has 0 fully saturated rings. The van der Waals surface area contributed by atoms with E-state index in [-0.39, 0.29) is 11.6 Å². The van der Waals surface area contributed by atoms with Crippen molar-refractivity contribution in [2.24, 2.45) is 0 Å². The summed E-state index contributed by atoms with van der Waals surface area (Å²) in [6, 6.07) is 11.3. The van der Waals surface area contributed by atoms with Gasteiger partial charge in [0, 0.05) is 9.26 Å². The highest BCUT2D eigenvalue weighted by Crippen LogP contribution is 2.18. The lowest BCUT2D eigenvalue weighted by Crippen LogP contribution is -2.13. The second-order valence-corrected chi connectivity index (χ2v) is 4.83. The third kappa shape index (κ3) is 2.79. The summed E-state index contributed by atoms with van der Waals surface area (Å²) in [5.74, 6) is -0.742. The van der Waals surface area contributed by atoms with Gasteiger partial charge in [-0.2, -0.15) is 0 Å². The molecule has 0 aliphatic carbocycles. The van der Waals surface area contributed by atoms with Crippen LogP contribution in [0.2, 0.25) is 0 Å². The van der Waals surface area contributed by atoms with Gasteiger partial charge in [-0.1, -0.05) is 12.1 Å². The number of hydrogen-bond donors (Lipinski definition) is 2. The van der Waals surface area contributed by atoms with Crippen LogP contribution in [-0.2, 0) is 0 Å². The third-order valence-electron chi connectivity index (χ3n) is 2.37. The van der Waals surface area contributed by atoms with Gasteiger partial charge in [0.25, 0.3) is 5.91 Å². The number of carbonyl (C=O) groups is 1. The van der Waals surface area contributed by atoms with Crippen molar-refractivity contribution in [3.05, 3.63) is 57.4 Å². The highest BCUT2D eigenvalue weighted by molar-refractivity contribution is 14.1. The van der Waals surface area contributed by atoms with Crippen molar-refractivity contribution in [3.8, 4) is 0 Å². The Morgan fingerprint density at radius 2 is 1.94 bits per heavy atom. The first-order valence-corrected chi connectivity index (χ1v) is 6.26. The minimum absolute atomic E-state index is 0.00978. The SMILES string of the molecule is Nc1cc(NC(=O)c2ccccc2I)ccc1F. The number of rotatable bonds is 2. The van der Waals surface area contributed by atoms with Gasteiger partial charge in [-0.3, -0.25) is 4.79 Å². The van der Waals surface area contributed by atoms with Gasteiger partial charge in [-0.15, -0.1) is 0 Å². The number of nitrogens with two attached hydrogens (primary N) is 1. The van der Waals surface area contributed by atoms with Crippen LogP contribution in [0.1, 0.15) is 10.4 Å². The molecule has 1 amide bonds. The normalized spacial score (nSPS) is 10.1. The van der Waals surface area contributed by atoms with Gasteiger partial charge < -0.3 is 11.1 Å². The molecule has 2 aromatic rings. The second-order valence-electron chi connectivity index (χ2n) is 3.67. The number of nitrogens with one attached hydrogen (secondary N) is 1. The van der Waals surface area contributed by atoms with Crippen LogP contribution in [0, 0.1) is 9.39 Å². The summed E-state index contributed by atoms with van der Waals surface area (Å²) in [4.78, 5) is 12.0. The molecule has 0 radical (unpaired) electrons. The van der Waals surface area contributed by atoms with Gasteiger partial charge >= 0.3 is 0 Å². The molecule has 0 aliphatic rings. The number of hydrogen-bond acceptors (Lipinski definition) is 2. The molecule has 2 aromatic carbocycles. The molecule has 0 atom stereocenters. The summed E-state index contributed by atoms with van der Waals surface area (Å²) in [7, 11) is 0. The van der Waals surface area contributed by atoms with Crippen LogP contribution in [0.3, 0.4) is 0 Å². The summed E-state index contributed by atoms with van der Waals surface area (Å²) in [6.45, 7) is 0. The van der Waals surface area contributed by atoms with E-state index in [1.54, 1.807) is 12.1 Å². The van der Waals surface area contributed by atoms with E-state index in [0.717, 1.165) is 3.57 Å². The van der Waals surface area contributed by atoms with Crippen molar-refractivity contribution in [1.29, 1.82) is 0 Å². The van der Waals surface area contributed by atoms with Crippen LogP contribution < -0.4 is 11.1 Å².